The Hall–Kier alpha value is -3.82. The second-order valence-corrected chi connectivity index (χ2v) is 8.59. The molecule has 0 amide bonds. The number of hydrogen-bond donors (Lipinski definition) is 0. The summed E-state index contributed by atoms with van der Waals surface area (Å²) < 4.78 is 1.07. The molecule has 3 heteroatoms. The third-order valence-corrected chi connectivity index (χ3v) is 6.02. The van der Waals surface area contributed by atoms with Crippen molar-refractivity contribution in [1.82, 2.24) is 0 Å². The van der Waals surface area contributed by atoms with Gasteiger partial charge in [-0.3, -0.25) is 0 Å². The van der Waals surface area contributed by atoms with Crippen LogP contribution in [-0.2, 0) is 0 Å². The molecule has 0 bridgehead atoms. The number of hydrogen-bond acceptors (Lipinski definition) is 2. The summed E-state index contributed by atoms with van der Waals surface area (Å²) in [5.41, 5.74) is 6.71. The first-order chi connectivity index (χ1) is 16.3. The molecule has 2 nitrogen and oxygen atoms in total. The molecule has 0 unspecified atom stereocenters. The van der Waals surface area contributed by atoms with Crippen molar-refractivity contribution in [2.75, 3.05) is 9.80 Å². The van der Waals surface area contributed by atoms with Crippen molar-refractivity contribution >= 4 is 50.1 Å². The molecule has 33 heavy (non-hydrogen) atoms. The number of halogens is 1. The smallest absolute Gasteiger partial charge is 0.0463 e. The van der Waals surface area contributed by atoms with Gasteiger partial charge in [-0.15, -0.1) is 0 Å². The first kappa shape index (κ1) is 21.0. The molecular weight excluding hydrogens is 468 g/mol. The fourth-order valence-corrected chi connectivity index (χ4v) is 4.23. The van der Waals surface area contributed by atoms with Crippen LogP contribution in [0.4, 0.5) is 34.1 Å². The largest absolute Gasteiger partial charge is 0.311 e. The van der Waals surface area contributed by atoms with Crippen LogP contribution in [0.5, 0.6) is 0 Å². The Morgan fingerprint density at radius 2 is 0.545 bits per heavy atom. The van der Waals surface area contributed by atoms with Gasteiger partial charge in [0, 0.05) is 38.6 Å². The lowest BCUT2D eigenvalue weighted by Crippen LogP contribution is -2.12. The Morgan fingerprint density at radius 1 is 0.303 bits per heavy atom. The van der Waals surface area contributed by atoms with Crippen molar-refractivity contribution in [3.8, 4) is 0 Å². The summed E-state index contributed by atoms with van der Waals surface area (Å²) in [6.07, 6.45) is 0. The van der Waals surface area contributed by atoms with E-state index in [9.17, 15) is 0 Å². The van der Waals surface area contributed by atoms with Gasteiger partial charge in [0.1, 0.15) is 0 Å². The van der Waals surface area contributed by atoms with E-state index in [4.69, 9.17) is 0 Å². The number of nitrogens with zero attached hydrogens (tertiary/aromatic N) is 2. The normalized spacial score (nSPS) is 10.6. The molecule has 0 aromatic heterocycles. The van der Waals surface area contributed by atoms with Crippen molar-refractivity contribution in [3.63, 3.8) is 0 Å². The van der Waals surface area contributed by atoms with Crippen LogP contribution >= 0.6 is 15.9 Å². The van der Waals surface area contributed by atoms with Crippen molar-refractivity contribution in [2.24, 2.45) is 0 Å². The van der Waals surface area contributed by atoms with Gasteiger partial charge in [0.25, 0.3) is 0 Å². The SMILES string of the molecule is Brc1ccc(N(c2ccccc2)c2ccc(N(c3ccccc3)c3ccccc3)cc2)cc1. The molecule has 0 heterocycles. The van der Waals surface area contributed by atoms with Crippen molar-refractivity contribution < 1.29 is 0 Å². The third-order valence-electron chi connectivity index (χ3n) is 5.49. The van der Waals surface area contributed by atoms with Crippen LogP contribution in [0.15, 0.2) is 144 Å². The zero-order valence-corrected chi connectivity index (χ0v) is 19.6. The van der Waals surface area contributed by atoms with Crippen LogP contribution in [0, 0.1) is 0 Å². The van der Waals surface area contributed by atoms with Gasteiger partial charge in [-0.1, -0.05) is 70.5 Å². The monoisotopic (exact) mass is 490 g/mol. The van der Waals surface area contributed by atoms with Crippen LogP contribution in [0.3, 0.4) is 0 Å². The predicted octanol–water partition coefficient (Wildman–Crippen LogP) is 9.39. The minimum absolute atomic E-state index is 1.07. The van der Waals surface area contributed by atoms with Crippen LogP contribution in [0.1, 0.15) is 0 Å². The highest BCUT2D eigenvalue weighted by molar-refractivity contribution is 9.10. The van der Waals surface area contributed by atoms with Crippen molar-refractivity contribution in [3.05, 3.63) is 144 Å². The van der Waals surface area contributed by atoms with E-state index in [1.165, 1.54) is 0 Å². The minimum atomic E-state index is 1.07. The molecule has 0 N–H and O–H groups in total. The Kier molecular flexibility index (Phi) is 6.23. The van der Waals surface area contributed by atoms with Gasteiger partial charge in [0.15, 0.2) is 0 Å². The highest BCUT2D eigenvalue weighted by Crippen LogP contribution is 2.38. The first-order valence-corrected chi connectivity index (χ1v) is 11.7. The Morgan fingerprint density at radius 3 is 0.848 bits per heavy atom. The number of benzene rings is 5. The molecule has 0 aliphatic rings. The van der Waals surface area contributed by atoms with E-state index in [0.29, 0.717) is 0 Å². The fourth-order valence-electron chi connectivity index (χ4n) is 3.97. The van der Waals surface area contributed by atoms with Crippen molar-refractivity contribution in [1.29, 1.82) is 0 Å². The van der Waals surface area contributed by atoms with E-state index < -0.39 is 0 Å². The number of rotatable bonds is 6. The standard InChI is InChI=1S/C30H23BrN2/c31-24-16-18-28(19-17-24)33(27-14-8-3-9-15-27)30-22-20-29(21-23-30)32(25-10-4-1-5-11-25)26-12-6-2-7-13-26/h1-23H. The zero-order chi connectivity index (χ0) is 22.5. The fraction of sp³-hybridized carbons (Fsp3) is 0. The average Bonchev–Trinajstić information content (AvgIpc) is 2.88. The maximum Gasteiger partial charge on any atom is 0.0463 e. The zero-order valence-electron chi connectivity index (χ0n) is 18.1. The van der Waals surface area contributed by atoms with Crippen LogP contribution in [0.2, 0.25) is 0 Å². The van der Waals surface area contributed by atoms with Crippen LogP contribution in [-0.4, -0.2) is 0 Å². The molecule has 0 atom stereocenters. The first-order valence-electron chi connectivity index (χ1n) is 10.9. The Bertz CT molecular complexity index is 1250. The number of anilines is 6. The molecule has 0 saturated heterocycles. The molecule has 0 aliphatic heterocycles. The van der Waals surface area contributed by atoms with Gasteiger partial charge in [0.2, 0.25) is 0 Å². The maximum absolute atomic E-state index is 3.55. The summed E-state index contributed by atoms with van der Waals surface area (Å²) in [5, 5.41) is 0. The lowest BCUT2D eigenvalue weighted by atomic mass is 10.1. The molecule has 0 radical (unpaired) electrons. The van der Waals surface area contributed by atoms with Gasteiger partial charge in [-0.05, 0) is 84.9 Å². The molecule has 160 valence electrons. The van der Waals surface area contributed by atoms with Crippen molar-refractivity contribution in [2.45, 2.75) is 0 Å². The van der Waals surface area contributed by atoms with Crippen LogP contribution < -0.4 is 9.80 Å². The molecule has 0 aliphatic carbocycles. The molecule has 5 aromatic carbocycles. The highest BCUT2D eigenvalue weighted by atomic mass is 79.9. The molecule has 0 spiro atoms. The van der Waals surface area contributed by atoms with Gasteiger partial charge in [-0.2, -0.15) is 0 Å². The van der Waals surface area contributed by atoms with Gasteiger partial charge < -0.3 is 9.80 Å². The third kappa shape index (κ3) is 4.69. The van der Waals surface area contributed by atoms with Gasteiger partial charge >= 0.3 is 0 Å². The summed E-state index contributed by atoms with van der Waals surface area (Å²) in [5.74, 6) is 0. The molecular formula is C30H23BrN2. The van der Waals surface area contributed by atoms with Gasteiger partial charge in [0.05, 0.1) is 0 Å². The topological polar surface area (TPSA) is 6.48 Å². The second-order valence-electron chi connectivity index (χ2n) is 7.67. The van der Waals surface area contributed by atoms with E-state index in [-0.39, 0.29) is 0 Å². The predicted molar refractivity (Wildman–Crippen MR) is 144 cm³/mol. The minimum Gasteiger partial charge on any atom is -0.311 e. The van der Waals surface area contributed by atoms with E-state index in [1.54, 1.807) is 0 Å². The summed E-state index contributed by atoms with van der Waals surface area (Å²) in [6.45, 7) is 0. The molecule has 0 saturated carbocycles. The summed E-state index contributed by atoms with van der Waals surface area (Å²) in [7, 11) is 0. The van der Waals surface area contributed by atoms with Gasteiger partial charge in [-0.25, -0.2) is 0 Å². The van der Waals surface area contributed by atoms with Crippen LogP contribution in [0.25, 0.3) is 0 Å². The number of para-hydroxylation sites is 3. The lowest BCUT2D eigenvalue weighted by molar-refractivity contribution is 1.25. The van der Waals surface area contributed by atoms with E-state index >= 15 is 0 Å². The molecule has 0 fully saturated rings. The summed E-state index contributed by atoms with van der Waals surface area (Å²) in [4.78, 5) is 4.54. The average molecular weight is 491 g/mol. The summed E-state index contributed by atoms with van der Waals surface area (Å²) in [6, 6.07) is 48.5. The summed E-state index contributed by atoms with van der Waals surface area (Å²) >= 11 is 3.55. The second kappa shape index (κ2) is 9.76. The van der Waals surface area contributed by atoms with E-state index in [1.807, 2.05) is 18.2 Å². The highest BCUT2D eigenvalue weighted by Gasteiger charge is 2.15. The lowest BCUT2D eigenvalue weighted by Gasteiger charge is -2.28. The maximum atomic E-state index is 3.55. The molecule has 5 rings (SSSR count). The molecule has 5 aromatic rings. The Labute approximate surface area is 203 Å². The van der Waals surface area contributed by atoms with E-state index in [2.05, 4.69) is 147 Å². The quantitative estimate of drug-likeness (QED) is 0.233. The Balaban J connectivity index is 1.57. The van der Waals surface area contributed by atoms with E-state index in [0.717, 1.165) is 38.6 Å².